The van der Waals surface area contributed by atoms with Crippen LogP contribution in [0.15, 0.2) is 24.3 Å². The Morgan fingerprint density at radius 1 is 1.42 bits per heavy atom. The topological polar surface area (TPSA) is 55.3 Å². The maximum Gasteiger partial charge on any atom is 0.293 e. The third kappa shape index (κ3) is 3.47. The van der Waals surface area contributed by atoms with Gasteiger partial charge in [0.05, 0.1) is 0 Å². The lowest BCUT2D eigenvalue weighted by Gasteiger charge is -2.16. The molecule has 0 bridgehead atoms. The van der Waals surface area contributed by atoms with E-state index in [4.69, 9.17) is 4.74 Å². The molecule has 0 saturated carbocycles. The van der Waals surface area contributed by atoms with Gasteiger partial charge >= 0.3 is 0 Å². The molecule has 0 spiro atoms. The van der Waals surface area contributed by atoms with E-state index in [0.29, 0.717) is 16.7 Å². The van der Waals surface area contributed by atoms with E-state index in [1.165, 1.54) is 29.2 Å². The van der Waals surface area contributed by atoms with Crippen molar-refractivity contribution in [2.24, 2.45) is 0 Å². The number of halogens is 1. The summed E-state index contributed by atoms with van der Waals surface area (Å²) >= 11 is 1.10. The van der Waals surface area contributed by atoms with Gasteiger partial charge < -0.3 is 9.64 Å². The van der Waals surface area contributed by atoms with Crippen LogP contribution in [0.3, 0.4) is 0 Å². The Kier molecular flexibility index (Phi) is 4.06. The smallest absolute Gasteiger partial charge is 0.293 e. The summed E-state index contributed by atoms with van der Waals surface area (Å²) in [5.41, 5.74) is 0.600. The van der Waals surface area contributed by atoms with Crippen LogP contribution in [0.1, 0.15) is 5.82 Å². The van der Waals surface area contributed by atoms with Gasteiger partial charge in [-0.3, -0.25) is 4.79 Å². The second kappa shape index (κ2) is 5.75. The number of carbonyl (C=O) groups is 1. The summed E-state index contributed by atoms with van der Waals surface area (Å²) in [5, 5.41) is 0.360. The molecule has 1 aromatic carbocycles. The first-order chi connectivity index (χ1) is 9.06. The molecular weight excluding hydrogens is 269 g/mol. The Hall–Kier alpha value is -2.02. The van der Waals surface area contributed by atoms with Crippen molar-refractivity contribution in [3.63, 3.8) is 0 Å². The molecule has 0 unspecified atom stereocenters. The van der Waals surface area contributed by atoms with E-state index >= 15 is 0 Å². The number of likely N-dealkylation sites (N-methyl/N-ethyl adjacent to an activating group) is 1. The van der Waals surface area contributed by atoms with Gasteiger partial charge in [0.2, 0.25) is 0 Å². The molecule has 0 N–H and O–H groups in total. The fourth-order valence-electron chi connectivity index (χ4n) is 1.37. The number of aromatic nitrogens is 2. The molecule has 0 aliphatic heterocycles. The molecule has 0 atom stereocenters. The van der Waals surface area contributed by atoms with Crippen LogP contribution >= 0.6 is 11.5 Å². The van der Waals surface area contributed by atoms with E-state index in [-0.39, 0.29) is 18.3 Å². The number of rotatable bonds is 4. The number of aryl methyl sites for hydroxylation is 1. The highest BCUT2D eigenvalue weighted by molar-refractivity contribution is 7.07. The fourth-order valence-corrected chi connectivity index (χ4v) is 1.90. The van der Waals surface area contributed by atoms with Gasteiger partial charge in [0.1, 0.15) is 11.6 Å². The highest BCUT2D eigenvalue weighted by atomic mass is 32.1. The average molecular weight is 281 g/mol. The molecule has 0 aliphatic rings. The van der Waals surface area contributed by atoms with Gasteiger partial charge in [-0.15, -0.1) is 0 Å². The molecule has 100 valence electrons. The minimum absolute atomic E-state index is 0.136. The number of benzene rings is 1. The number of ether oxygens (including phenoxy) is 1. The van der Waals surface area contributed by atoms with Crippen molar-refractivity contribution in [2.45, 2.75) is 6.92 Å². The quantitative estimate of drug-likeness (QED) is 0.860. The zero-order chi connectivity index (χ0) is 13.8. The van der Waals surface area contributed by atoms with E-state index in [1.54, 1.807) is 14.0 Å². The number of anilines is 1. The largest absolute Gasteiger partial charge is 0.459 e. The van der Waals surface area contributed by atoms with Crippen molar-refractivity contribution in [3.8, 4) is 5.19 Å². The van der Waals surface area contributed by atoms with Gasteiger partial charge in [-0.25, -0.2) is 4.39 Å². The summed E-state index contributed by atoms with van der Waals surface area (Å²) in [5.74, 6) is 0.0176. The summed E-state index contributed by atoms with van der Waals surface area (Å²) in [7, 11) is 1.60. The first-order valence-corrected chi connectivity index (χ1v) is 6.29. The van der Waals surface area contributed by atoms with Gasteiger partial charge in [-0.05, 0) is 31.2 Å². The second-order valence-electron chi connectivity index (χ2n) is 3.83. The van der Waals surface area contributed by atoms with Crippen molar-refractivity contribution in [1.82, 2.24) is 9.36 Å². The van der Waals surface area contributed by atoms with Crippen molar-refractivity contribution in [1.29, 1.82) is 0 Å². The molecule has 2 rings (SSSR count). The van der Waals surface area contributed by atoms with E-state index in [0.717, 1.165) is 11.5 Å². The van der Waals surface area contributed by atoms with Crippen molar-refractivity contribution < 1.29 is 13.9 Å². The summed E-state index contributed by atoms with van der Waals surface area (Å²) < 4.78 is 22.0. The number of hydrogen-bond donors (Lipinski definition) is 0. The lowest BCUT2D eigenvalue weighted by molar-refractivity contribution is -0.120. The maximum absolute atomic E-state index is 12.8. The molecule has 0 radical (unpaired) electrons. The molecular formula is C12H12FN3O2S. The van der Waals surface area contributed by atoms with Gasteiger partial charge in [0.25, 0.3) is 11.1 Å². The first kappa shape index (κ1) is 13.4. The predicted molar refractivity (Wildman–Crippen MR) is 70.0 cm³/mol. The molecule has 1 amide bonds. The molecule has 2 aromatic rings. The molecule has 7 heteroatoms. The van der Waals surface area contributed by atoms with Crippen molar-refractivity contribution in [3.05, 3.63) is 35.9 Å². The van der Waals surface area contributed by atoms with E-state index in [2.05, 4.69) is 9.36 Å². The lowest BCUT2D eigenvalue weighted by atomic mass is 10.3. The van der Waals surface area contributed by atoms with Crippen LogP contribution in [-0.4, -0.2) is 28.9 Å². The first-order valence-electron chi connectivity index (χ1n) is 5.51. The van der Waals surface area contributed by atoms with Crippen LogP contribution < -0.4 is 9.64 Å². The van der Waals surface area contributed by atoms with E-state index < -0.39 is 0 Å². The monoisotopic (exact) mass is 281 g/mol. The Labute approximate surface area is 113 Å². The fraction of sp³-hybridized carbons (Fsp3) is 0.250. The van der Waals surface area contributed by atoms with Crippen LogP contribution in [0.25, 0.3) is 0 Å². The van der Waals surface area contributed by atoms with Crippen molar-refractivity contribution in [2.75, 3.05) is 18.6 Å². The maximum atomic E-state index is 12.8. The average Bonchev–Trinajstić information content (AvgIpc) is 2.82. The highest BCUT2D eigenvalue weighted by Crippen LogP contribution is 2.15. The van der Waals surface area contributed by atoms with E-state index in [9.17, 15) is 9.18 Å². The zero-order valence-corrected chi connectivity index (χ0v) is 11.3. The van der Waals surface area contributed by atoms with Gasteiger partial charge in [0.15, 0.2) is 6.61 Å². The van der Waals surface area contributed by atoms with Crippen LogP contribution in [-0.2, 0) is 4.79 Å². The standard InChI is InChI=1S/C12H12FN3O2S/c1-8-14-12(19-15-8)18-7-11(17)16(2)10-5-3-9(13)4-6-10/h3-6H,7H2,1-2H3. The minimum Gasteiger partial charge on any atom is -0.459 e. The van der Waals surface area contributed by atoms with Gasteiger partial charge in [-0.2, -0.15) is 9.36 Å². The van der Waals surface area contributed by atoms with Crippen LogP contribution in [0.2, 0.25) is 0 Å². The molecule has 19 heavy (non-hydrogen) atoms. The van der Waals surface area contributed by atoms with Crippen LogP contribution in [0.5, 0.6) is 5.19 Å². The molecule has 0 saturated heterocycles. The zero-order valence-electron chi connectivity index (χ0n) is 10.5. The lowest BCUT2D eigenvalue weighted by Crippen LogP contribution is -2.31. The summed E-state index contributed by atoms with van der Waals surface area (Å²) in [6.07, 6.45) is 0. The SMILES string of the molecule is Cc1nsc(OCC(=O)N(C)c2ccc(F)cc2)n1. The third-order valence-corrected chi connectivity index (χ3v) is 3.14. The minimum atomic E-state index is -0.342. The van der Waals surface area contributed by atoms with Gasteiger partial charge in [-0.1, -0.05) is 0 Å². The highest BCUT2D eigenvalue weighted by Gasteiger charge is 2.13. The number of hydrogen-bond acceptors (Lipinski definition) is 5. The van der Waals surface area contributed by atoms with Crippen LogP contribution in [0, 0.1) is 12.7 Å². The predicted octanol–water partition coefficient (Wildman–Crippen LogP) is 2.03. The summed E-state index contributed by atoms with van der Waals surface area (Å²) in [6.45, 7) is 1.61. The van der Waals surface area contributed by atoms with Crippen molar-refractivity contribution >= 4 is 23.1 Å². The number of carbonyl (C=O) groups excluding carboxylic acids is 1. The molecule has 0 aliphatic carbocycles. The summed E-state index contributed by atoms with van der Waals surface area (Å²) in [4.78, 5) is 17.3. The molecule has 1 aromatic heterocycles. The Morgan fingerprint density at radius 2 is 2.11 bits per heavy atom. The Bertz CT molecular complexity index is 571. The summed E-state index contributed by atoms with van der Waals surface area (Å²) in [6, 6.07) is 5.66. The number of nitrogens with zero attached hydrogens (tertiary/aromatic N) is 3. The Morgan fingerprint density at radius 3 is 2.68 bits per heavy atom. The normalized spacial score (nSPS) is 10.3. The van der Waals surface area contributed by atoms with Crippen LogP contribution in [0.4, 0.5) is 10.1 Å². The molecule has 0 fully saturated rings. The third-order valence-electron chi connectivity index (χ3n) is 2.42. The second-order valence-corrected chi connectivity index (χ2v) is 4.54. The van der Waals surface area contributed by atoms with Gasteiger partial charge in [0, 0.05) is 24.3 Å². The molecule has 5 nitrogen and oxygen atoms in total. The Balaban J connectivity index is 1.94. The van der Waals surface area contributed by atoms with E-state index in [1.807, 2.05) is 0 Å². The molecule has 1 heterocycles. The number of amides is 1.